The lowest BCUT2D eigenvalue weighted by Gasteiger charge is -2.25. The minimum absolute atomic E-state index is 0.0157. The zero-order valence-corrected chi connectivity index (χ0v) is 16.9. The first-order chi connectivity index (χ1) is 13.4. The molecule has 0 spiro atoms. The summed E-state index contributed by atoms with van der Waals surface area (Å²) in [5.74, 6) is 0.895. The van der Waals surface area contributed by atoms with E-state index in [1.165, 1.54) is 0 Å². The Morgan fingerprint density at radius 1 is 1.18 bits per heavy atom. The van der Waals surface area contributed by atoms with Crippen molar-refractivity contribution < 1.29 is 14.3 Å². The Balaban J connectivity index is 1.63. The molecule has 1 aliphatic heterocycles. The van der Waals surface area contributed by atoms with Crippen LogP contribution in [0.3, 0.4) is 0 Å². The largest absolute Gasteiger partial charge is 0.492 e. The van der Waals surface area contributed by atoms with Crippen molar-refractivity contribution in [2.45, 2.75) is 26.7 Å². The molecule has 28 heavy (non-hydrogen) atoms. The predicted molar refractivity (Wildman–Crippen MR) is 111 cm³/mol. The van der Waals surface area contributed by atoms with Crippen molar-refractivity contribution in [2.75, 3.05) is 18.5 Å². The van der Waals surface area contributed by atoms with E-state index in [1.807, 2.05) is 12.1 Å². The quantitative estimate of drug-likeness (QED) is 0.759. The Morgan fingerprint density at radius 2 is 1.93 bits per heavy atom. The third-order valence-electron chi connectivity index (χ3n) is 4.72. The highest BCUT2D eigenvalue weighted by Crippen LogP contribution is 2.30. The van der Waals surface area contributed by atoms with E-state index in [9.17, 15) is 9.59 Å². The fraction of sp³-hybridized carbons (Fsp3) is 0.364. The van der Waals surface area contributed by atoms with Gasteiger partial charge in [0.15, 0.2) is 0 Å². The van der Waals surface area contributed by atoms with Crippen LogP contribution >= 0.6 is 11.6 Å². The van der Waals surface area contributed by atoms with Crippen LogP contribution in [0.25, 0.3) is 0 Å². The first-order valence-electron chi connectivity index (χ1n) is 9.52. The van der Waals surface area contributed by atoms with Crippen LogP contribution in [0, 0.1) is 11.8 Å². The van der Waals surface area contributed by atoms with E-state index in [1.54, 1.807) is 30.3 Å². The third kappa shape index (κ3) is 5.26. The molecule has 2 aromatic rings. The summed E-state index contributed by atoms with van der Waals surface area (Å²) < 4.78 is 5.75. The molecule has 148 valence electrons. The van der Waals surface area contributed by atoms with Crippen molar-refractivity contribution in [1.82, 2.24) is 5.32 Å². The van der Waals surface area contributed by atoms with Gasteiger partial charge in [-0.3, -0.25) is 9.59 Å². The molecule has 0 aliphatic carbocycles. The summed E-state index contributed by atoms with van der Waals surface area (Å²) in [6.07, 6.45) is 1.55. The van der Waals surface area contributed by atoms with Gasteiger partial charge in [0.1, 0.15) is 12.4 Å². The smallest absolute Gasteiger partial charge is 0.255 e. The Morgan fingerprint density at radius 3 is 2.64 bits per heavy atom. The standard InChI is InChI=1S/C22H25ClN2O3/c1-14(2)9-10-24-21(26)17-11-16-12-19(7-8-20(16)28-13-17)25-22(27)15-3-5-18(23)6-4-15/h3-8,12,14,17H,9-11,13H2,1-2H3,(H,24,26)(H,25,27)/t17-/m0/s1. The van der Waals surface area contributed by atoms with Gasteiger partial charge in [-0.2, -0.15) is 0 Å². The summed E-state index contributed by atoms with van der Waals surface area (Å²) in [5.41, 5.74) is 2.12. The van der Waals surface area contributed by atoms with Crippen LogP contribution in [-0.4, -0.2) is 25.0 Å². The number of amides is 2. The van der Waals surface area contributed by atoms with E-state index >= 15 is 0 Å². The average molecular weight is 401 g/mol. The second-order valence-electron chi connectivity index (χ2n) is 7.47. The Hall–Kier alpha value is -2.53. The van der Waals surface area contributed by atoms with Crippen molar-refractivity contribution in [3.8, 4) is 5.75 Å². The van der Waals surface area contributed by atoms with Gasteiger partial charge in [0.05, 0.1) is 5.92 Å². The highest BCUT2D eigenvalue weighted by Gasteiger charge is 2.26. The van der Waals surface area contributed by atoms with Gasteiger partial charge in [-0.25, -0.2) is 0 Å². The summed E-state index contributed by atoms with van der Waals surface area (Å²) in [6, 6.07) is 12.2. The van der Waals surface area contributed by atoms with E-state index in [0.29, 0.717) is 41.8 Å². The van der Waals surface area contributed by atoms with Crippen LogP contribution in [-0.2, 0) is 11.2 Å². The zero-order chi connectivity index (χ0) is 20.1. The number of rotatable bonds is 6. The molecule has 0 radical (unpaired) electrons. The number of fused-ring (bicyclic) bond motifs is 1. The molecule has 1 heterocycles. The van der Waals surface area contributed by atoms with Crippen LogP contribution in [0.2, 0.25) is 5.02 Å². The molecule has 0 unspecified atom stereocenters. The molecular formula is C22H25ClN2O3. The SMILES string of the molecule is CC(C)CCNC(=O)[C@@H]1COc2ccc(NC(=O)c3ccc(Cl)cc3)cc2C1. The van der Waals surface area contributed by atoms with E-state index in [4.69, 9.17) is 16.3 Å². The number of carbonyl (C=O) groups is 2. The van der Waals surface area contributed by atoms with E-state index in [0.717, 1.165) is 17.7 Å². The molecule has 2 aromatic carbocycles. The minimum atomic E-state index is -0.220. The van der Waals surface area contributed by atoms with Gasteiger partial charge in [0.25, 0.3) is 5.91 Å². The monoisotopic (exact) mass is 400 g/mol. The summed E-state index contributed by atoms with van der Waals surface area (Å²) in [4.78, 5) is 24.8. The van der Waals surface area contributed by atoms with Gasteiger partial charge in [0.2, 0.25) is 5.91 Å². The molecule has 1 atom stereocenters. The molecule has 0 aromatic heterocycles. The van der Waals surface area contributed by atoms with E-state index in [2.05, 4.69) is 24.5 Å². The number of anilines is 1. The average Bonchev–Trinajstić information content (AvgIpc) is 2.67. The minimum Gasteiger partial charge on any atom is -0.492 e. The van der Waals surface area contributed by atoms with Crippen LogP contribution in [0.4, 0.5) is 5.69 Å². The second-order valence-corrected chi connectivity index (χ2v) is 7.91. The maximum absolute atomic E-state index is 12.4. The molecule has 0 fully saturated rings. The van der Waals surface area contributed by atoms with Crippen LogP contribution in [0.5, 0.6) is 5.75 Å². The molecule has 2 amide bonds. The predicted octanol–water partition coefficient (Wildman–Crippen LogP) is 4.31. The van der Waals surface area contributed by atoms with Gasteiger partial charge in [-0.15, -0.1) is 0 Å². The number of halogens is 1. The topological polar surface area (TPSA) is 67.4 Å². The van der Waals surface area contributed by atoms with Gasteiger partial charge in [-0.1, -0.05) is 25.4 Å². The lowest BCUT2D eigenvalue weighted by Crippen LogP contribution is -2.38. The summed E-state index contributed by atoms with van der Waals surface area (Å²) in [6.45, 7) is 5.31. The molecule has 0 saturated carbocycles. The van der Waals surface area contributed by atoms with Crippen molar-refractivity contribution in [3.63, 3.8) is 0 Å². The van der Waals surface area contributed by atoms with Crippen LogP contribution < -0.4 is 15.4 Å². The second kappa shape index (κ2) is 9.11. The van der Waals surface area contributed by atoms with Crippen molar-refractivity contribution in [3.05, 3.63) is 58.6 Å². The van der Waals surface area contributed by atoms with Crippen LogP contribution in [0.1, 0.15) is 36.2 Å². The lowest BCUT2D eigenvalue weighted by molar-refractivity contribution is -0.126. The van der Waals surface area contributed by atoms with Gasteiger partial charge in [-0.05, 0) is 66.8 Å². The van der Waals surface area contributed by atoms with Crippen molar-refractivity contribution >= 4 is 29.1 Å². The molecule has 0 saturated heterocycles. The molecular weight excluding hydrogens is 376 g/mol. The molecule has 0 bridgehead atoms. The number of ether oxygens (including phenoxy) is 1. The third-order valence-corrected chi connectivity index (χ3v) is 4.97. The molecule has 6 heteroatoms. The van der Waals surface area contributed by atoms with E-state index in [-0.39, 0.29) is 17.7 Å². The fourth-order valence-corrected chi connectivity index (χ4v) is 3.20. The highest BCUT2D eigenvalue weighted by atomic mass is 35.5. The normalized spacial score (nSPS) is 15.5. The number of carbonyl (C=O) groups excluding carboxylic acids is 2. The van der Waals surface area contributed by atoms with Crippen LogP contribution in [0.15, 0.2) is 42.5 Å². The number of nitrogens with one attached hydrogen (secondary N) is 2. The number of benzene rings is 2. The molecule has 1 aliphatic rings. The summed E-state index contributed by atoms with van der Waals surface area (Å²) in [5, 5.41) is 6.45. The van der Waals surface area contributed by atoms with Crippen molar-refractivity contribution in [1.29, 1.82) is 0 Å². The van der Waals surface area contributed by atoms with E-state index < -0.39 is 0 Å². The highest BCUT2D eigenvalue weighted by molar-refractivity contribution is 6.30. The maximum Gasteiger partial charge on any atom is 0.255 e. The first-order valence-corrected chi connectivity index (χ1v) is 9.90. The first kappa shape index (κ1) is 20.2. The van der Waals surface area contributed by atoms with Gasteiger partial charge in [0, 0.05) is 22.8 Å². The van der Waals surface area contributed by atoms with Gasteiger partial charge < -0.3 is 15.4 Å². The summed E-state index contributed by atoms with van der Waals surface area (Å²) in [7, 11) is 0. The van der Waals surface area contributed by atoms with Crippen molar-refractivity contribution in [2.24, 2.45) is 11.8 Å². The molecule has 2 N–H and O–H groups in total. The fourth-order valence-electron chi connectivity index (χ4n) is 3.07. The Kier molecular flexibility index (Phi) is 6.57. The lowest BCUT2D eigenvalue weighted by atomic mass is 9.95. The van der Waals surface area contributed by atoms with Gasteiger partial charge >= 0.3 is 0 Å². The Bertz CT molecular complexity index is 849. The molecule has 3 rings (SSSR count). The molecule has 5 nitrogen and oxygen atoms in total. The Labute approximate surface area is 170 Å². The number of hydrogen-bond acceptors (Lipinski definition) is 3. The maximum atomic E-state index is 12.4. The number of hydrogen-bond donors (Lipinski definition) is 2. The summed E-state index contributed by atoms with van der Waals surface area (Å²) >= 11 is 5.86. The zero-order valence-electron chi connectivity index (χ0n) is 16.1.